The lowest BCUT2D eigenvalue weighted by Crippen LogP contribution is -2.29. The molecule has 0 unspecified atom stereocenters. The number of hydrogen-bond donors (Lipinski definition) is 1. The van der Waals surface area contributed by atoms with E-state index in [2.05, 4.69) is 16.0 Å². The Balaban J connectivity index is 1.41. The second-order valence-corrected chi connectivity index (χ2v) is 9.63. The number of anilines is 2. The van der Waals surface area contributed by atoms with E-state index < -0.39 is 5.82 Å². The Morgan fingerprint density at radius 1 is 1.14 bits per heavy atom. The Morgan fingerprint density at radius 2 is 1.97 bits per heavy atom. The fourth-order valence-corrected chi connectivity index (χ4v) is 5.33. The smallest absolute Gasteiger partial charge is 0.260 e. The van der Waals surface area contributed by atoms with E-state index in [1.807, 2.05) is 6.07 Å². The number of nitrogens with two attached hydrogens (primary N) is 1. The lowest BCUT2D eigenvalue weighted by atomic mass is 9.80. The summed E-state index contributed by atoms with van der Waals surface area (Å²) < 4.78 is 20.3. The third-order valence-electron chi connectivity index (χ3n) is 7.50. The van der Waals surface area contributed by atoms with Gasteiger partial charge >= 0.3 is 0 Å². The lowest BCUT2D eigenvalue weighted by Gasteiger charge is -2.29. The van der Waals surface area contributed by atoms with Crippen LogP contribution in [0.4, 0.5) is 16.0 Å². The standard InChI is InChI=1S/C27H28FN5O2/c1-35-22-7-3-6-21(28)25(22)26-20-15-33(27(34)19(20)8-10-30-26)24-13-17(16-4-2-5-16)12-23(31-24)32-11-9-18(29)14-32/h3,6-8,10,12-13,16,18H,2,4-5,9,11,14-15,29H2,1H3/t18-/m1/s1. The first-order valence-corrected chi connectivity index (χ1v) is 12.2. The Morgan fingerprint density at radius 3 is 2.69 bits per heavy atom. The van der Waals surface area contributed by atoms with Crippen LogP contribution in [-0.2, 0) is 6.54 Å². The number of hydrogen-bond acceptors (Lipinski definition) is 6. The second-order valence-electron chi connectivity index (χ2n) is 9.63. The number of rotatable bonds is 5. The molecule has 35 heavy (non-hydrogen) atoms. The van der Waals surface area contributed by atoms with Crippen molar-refractivity contribution in [3.05, 3.63) is 65.1 Å². The lowest BCUT2D eigenvalue weighted by molar-refractivity contribution is 0.0996. The number of ether oxygens (including phenoxy) is 1. The van der Waals surface area contributed by atoms with Crippen LogP contribution in [0.2, 0.25) is 0 Å². The van der Waals surface area contributed by atoms with Gasteiger partial charge in [-0.3, -0.25) is 14.7 Å². The molecule has 2 aliphatic heterocycles. The fraction of sp³-hybridized carbons (Fsp3) is 0.370. The van der Waals surface area contributed by atoms with Crippen LogP contribution >= 0.6 is 0 Å². The number of methoxy groups -OCH3 is 1. The van der Waals surface area contributed by atoms with E-state index >= 15 is 0 Å². The van der Waals surface area contributed by atoms with E-state index in [-0.39, 0.29) is 24.1 Å². The molecule has 0 bridgehead atoms. The number of nitrogens with zero attached hydrogens (tertiary/aromatic N) is 4. The van der Waals surface area contributed by atoms with Gasteiger partial charge in [0.05, 0.1) is 24.9 Å². The topological polar surface area (TPSA) is 84.6 Å². The highest BCUT2D eigenvalue weighted by atomic mass is 19.1. The van der Waals surface area contributed by atoms with Gasteiger partial charge in [-0.25, -0.2) is 9.37 Å². The van der Waals surface area contributed by atoms with Gasteiger partial charge in [-0.1, -0.05) is 12.5 Å². The van der Waals surface area contributed by atoms with Crippen LogP contribution in [0.3, 0.4) is 0 Å². The van der Waals surface area contributed by atoms with Crippen molar-refractivity contribution in [2.24, 2.45) is 5.73 Å². The SMILES string of the molecule is COc1cccc(F)c1-c1nccc2c1CN(c1cc(C3CCC3)cc(N3CC[C@@H](N)C3)n1)C2=O. The highest BCUT2D eigenvalue weighted by molar-refractivity contribution is 6.10. The molecule has 1 saturated heterocycles. The number of fused-ring (bicyclic) bond motifs is 1. The predicted octanol–water partition coefficient (Wildman–Crippen LogP) is 4.26. The van der Waals surface area contributed by atoms with E-state index in [4.69, 9.17) is 15.5 Å². The van der Waals surface area contributed by atoms with Crippen LogP contribution in [0.5, 0.6) is 5.75 Å². The van der Waals surface area contributed by atoms with Crippen molar-refractivity contribution in [2.45, 2.75) is 44.2 Å². The number of pyridine rings is 2. The minimum Gasteiger partial charge on any atom is -0.496 e. The Bertz CT molecular complexity index is 1310. The maximum atomic E-state index is 14.9. The van der Waals surface area contributed by atoms with Gasteiger partial charge in [0, 0.05) is 36.5 Å². The van der Waals surface area contributed by atoms with Crippen molar-refractivity contribution in [2.75, 3.05) is 30.0 Å². The van der Waals surface area contributed by atoms with Crippen LogP contribution in [0.15, 0.2) is 42.6 Å². The van der Waals surface area contributed by atoms with Gasteiger partial charge in [0.25, 0.3) is 5.91 Å². The van der Waals surface area contributed by atoms with Crippen molar-refractivity contribution < 1.29 is 13.9 Å². The summed E-state index contributed by atoms with van der Waals surface area (Å²) >= 11 is 0. The molecule has 0 radical (unpaired) electrons. The van der Waals surface area contributed by atoms with Crippen molar-refractivity contribution in [1.29, 1.82) is 0 Å². The minimum absolute atomic E-state index is 0.134. The molecule has 3 aliphatic rings. The van der Waals surface area contributed by atoms with Gasteiger partial charge in [-0.2, -0.15) is 0 Å². The van der Waals surface area contributed by atoms with E-state index in [1.54, 1.807) is 29.3 Å². The third-order valence-corrected chi connectivity index (χ3v) is 7.50. The minimum atomic E-state index is -0.436. The summed E-state index contributed by atoms with van der Waals surface area (Å²) in [6.45, 7) is 1.89. The molecule has 1 atom stereocenters. The third kappa shape index (κ3) is 3.72. The van der Waals surface area contributed by atoms with Crippen molar-refractivity contribution in [1.82, 2.24) is 9.97 Å². The van der Waals surface area contributed by atoms with Crippen LogP contribution in [0, 0.1) is 5.82 Å². The molecule has 2 fully saturated rings. The zero-order valence-corrected chi connectivity index (χ0v) is 19.7. The van der Waals surface area contributed by atoms with Gasteiger partial charge in [0.15, 0.2) is 0 Å². The summed E-state index contributed by atoms with van der Waals surface area (Å²) in [5.41, 5.74) is 9.27. The van der Waals surface area contributed by atoms with Crippen LogP contribution < -0.4 is 20.3 Å². The predicted molar refractivity (Wildman–Crippen MR) is 132 cm³/mol. The first kappa shape index (κ1) is 22.0. The summed E-state index contributed by atoms with van der Waals surface area (Å²) in [6.07, 6.45) is 6.00. The molecule has 3 aromatic rings. The summed E-state index contributed by atoms with van der Waals surface area (Å²) in [7, 11) is 1.50. The van der Waals surface area contributed by atoms with Gasteiger partial charge in [0.2, 0.25) is 0 Å². The van der Waals surface area contributed by atoms with E-state index in [0.29, 0.717) is 34.3 Å². The van der Waals surface area contributed by atoms with E-state index in [9.17, 15) is 9.18 Å². The number of carbonyl (C=O) groups is 1. The average molecular weight is 474 g/mol. The zero-order valence-electron chi connectivity index (χ0n) is 19.7. The first-order valence-electron chi connectivity index (χ1n) is 12.2. The molecular formula is C27H28FN5O2. The molecule has 4 heterocycles. The molecule has 6 rings (SSSR count). The summed E-state index contributed by atoms with van der Waals surface area (Å²) in [5.74, 6) is 1.78. The molecular weight excluding hydrogens is 445 g/mol. The molecule has 1 aliphatic carbocycles. The molecule has 2 aromatic heterocycles. The Labute approximate surface area is 203 Å². The highest BCUT2D eigenvalue weighted by Crippen LogP contribution is 2.42. The molecule has 2 N–H and O–H groups in total. The Kier molecular flexibility index (Phi) is 5.40. The summed E-state index contributed by atoms with van der Waals surface area (Å²) in [5, 5.41) is 0. The van der Waals surface area contributed by atoms with Crippen LogP contribution in [0.1, 0.15) is 53.1 Å². The number of halogens is 1. The normalized spacial score (nSPS) is 19.7. The second kappa shape index (κ2) is 8.61. The molecule has 1 aromatic carbocycles. The molecule has 0 spiro atoms. The van der Waals surface area contributed by atoms with Crippen molar-refractivity contribution >= 4 is 17.5 Å². The zero-order chi connectivity index (χ0) is 24.1. The van der Waals surface area contributed by atoms with Gasteiger partial charge in [-0.15, -0.1) is 0 Å². The van der Waals surface area contributed by atoms with Crippen LogP contribution in [0.25, 0.3) is 11.3 Å². The van der Waals surface area contributed by atoms with Gasteiger partial charge < -0.3 is 15.4 Å². The average Bonchev–Trinajstić information content (AvgIpc) is 3.41. The molecule has 7 nitrogen and oxygen atoms in total. The number of amides is 1. The van der Waals surface area contributed by atoms with Crippen molar-refractivity contribution in [3.8, 4) is 17.0 Å². The highest BCUT2D eigenvalue weighted by Gasteiger charge is 2.35. The summed E-state index contributed by atoms with van der Waals surface area (Å²) in [6, 6.07) is 10.7. The van der Waals surface area contributed by atoms with Crippen molar-refractivity contribution in [3.63, 3.8) is 0 Å². The Hall–Kier alpha value is -3.52. The quantitative estimate of drug-likeness (QED) is 0.596. The molecule has 180 valence electrons. The summed E-state index contributed by atoms with van der Waals surface area (Å²) in [4.78, 5) is 26.8. The number of carbonyl (C=O) groups excluding carboxylic acids is 1. The van der Waals surface area contributed by atoms with Crippen LogP contribution in [-0.4, -0.2) is 42.1 Å². The molecule has 8 heteroatoms. The maximum Gasteiger partial charge on any atom is 0.260 e. The first-order chi connectivity index (χ1) is 17.0. The van der Waals surface area contributed by atoms with Gasteiger partial charge in [0.1, 0.15) is 23.2 Å². The number of benzene rings is 1. The largest absolute Gasteiger partial charge is 0.496 e. The molecule has 1 saturated carbocycles. The molecule has 1 amide bonds. The number of aromatic nitrogens is 2. The maximum absolute atomic E-state index is 14.9. The monoisotopic (exact) mass is 473 g/mol. The fourth-order valence-electron chi connectivity index (χ4n) is 5.33. The van der Waals surface area contributed by atoms with E-state index in [1.165, 1.54) is 25.2 Å². The van der Waals surface area contributed by atoms with Gasteiger partial charge in [-0.05, 0) is 61.1 Å². The van der Waals surface area contributed by atoms with E-state index in [0.717, 1.165) is 38.2 Å².